The van der Waals surface area contributed by atoms with Crippen molar-refractivity contribution in [1.29, 1.82) is 5.26 Å². The quantitative estimate of drug-likeness (QED) is 0.829. The van der Waals surface area contributed by atoms with E-state index in [1.54, 1.807) is 13.1 Å². The van der Waals surface area contributed by atoms with Crippen LogP contribution in [0.15, 0.2) is 12.1 Å². The van der Waals surface area contributed by atoms with Gasteiger partial charge in [-0.2, -0.15) is 5.26 Å². The van der Waals surface area contributed by atoms with Crippen molar-refractivity contribution in [2.24, 2.45) is 0 Å². The maximum Gasteiger partial charge on any atom is 0.253 e. The second-order valence-corrected chi connectivity index (χ2v) is 4.12. The molecule has 0 atom stereocenters. The zero-order valence-corrected chi connectivity index (χ0v) is 11.2. The summed E-state index contributed by atoms with van der Waals surface area (Å²) in [6.07, 6.45) is 0.307. The number of rotatable bonds is 5. The number of carbonyl (C=O) groups excluding carboxylic acids is 1. The third-order valence-electron chi connectivity index (χ3n) is 2.30. The molecule has 0 fully saturated rings. The second-order valence-electron chi connectivity index (χ2n) is 3.73. The number of nitrogens with zero attached hydrogens (tertiary/aromatic N) is 3. The van der Waals surface area contributed by atoms with E-state index in [-0.39, 0.29) is 11.1 Å². The fourth-order valence-corrected chi connectivity index (χ4v) is 1.64. The number of amides is 1. The largest absolute Gasteiger partial charge is 0.370 e. The number of hydrogen-bond donors (Lipinski definition) is 1. The number of pyridine rings is 1. The first kappa shape index (κ1) is 14.3. The first-order valence-corrected chi connectivity index (χ1v) is 6.00. The molecule has 0 aromatic carbocycles. The molecule has 1 rings (SSSR count). The van der Waals surface area contributed by atoms with E-state index >= 15 is 0 Å². The molecule has 0 unspecified atom stereocenters. The van der Waals surface area contributed by atoms with Gasteiger partial charge in [0.05, 0.1) is 12.5 Å². The third-order valence-corrected chi connectivity index (χ3v) is 2.50. The summed E-state index contributed by atoms with van der Waals surface area (Å²) >= 11 is 5.86. The monoisotopic (exact) mass is 266 g/mol. The van der Waals surface area contributed by atoms with Crippen molar-refractivity contribution in [2.75, 3.05) is 25.5 Å². The molecule has 18 heavy (non-hydrogen) atoms. The molecule has 96 valence electrons. The Bertz CT molecular complexity index is 470. The van der Waals surface area contributed by atoms with Crippen LogP contribution >= 0.6 is 11.6 Å². The Morgan fingerprint density at radius 1 is 1.61 bits per heavy atom. The van der Waals surface area contributed by atoms with E-state index in [1.165, 1.54) is 11.0 Å². The van der Waals surface area contributed by atoms with Crippen molar-refractivity contribution < 1.29 is 4.79 Å². The van der Waals surface area contributed by atoms with Gasteiger partial charge in [0.15, 0.2) is 0 Å². The van der Waals surface area contributed by atoms with Crippen LogP contribution in [-0.2, 0) is 0 Å². The Kier molecular flexibility index (Phi) is 5.40. The Hall–Kier alpha value is -1.80. The van der Waals surface area contributed by atoms with Crippen LogP contribution in [0.2, 0.25) is 5.15 Å². The maximum atomic E-state index is 12.1. The van der Waals surface area contributed by atoms with Gasteiger partial charge in [-0.1, -0.05) is 11.6 Å². The molecule has 1 aromatic rings. The third kappa shape index (κ3) is 3.90. The Morgan fingerprint density at radius 2 is 2.33 bits per heavy atom. The summed E-state index contributed by atoms with van der Waals surface area (Å²) in [5.41, 5.74) is 0.464. The zero-order chi connectivity index (χ0) is 13.5. The van der Waals surface area contributed by atoms with Crippen molar-refractivity contribution >= 4 is 23.3 Å². The fourth-order valence-electron chi connectivity index (χ4n) is 1.43. The zero-order valence-electron chi connectivity index (χ0n) is 10.4. The highest BCUT2D eigenvalue weighted by molar-refractivity contribution is 6.29. The van der Waals surface area contributed by atoms with Crippen LogP contribution in [0, 0.1) is 11.3 Å². The molecule has 0 bridgehead atoms. The van der Waals surface area contributed by atoms with Gasteiger partial charge in [0, 0.05) is 25.7 Å². The first-order chi connectivity index (χ1) is 8.58. The summed E-state index contributed by atoms with van der Waals surface area (Å²) in [7, 11) is 1.65. The van der Waals surface area contributed by atoms with Crippen molar-refractivity contribution in [3.8, 4) is 6.07 Å². The molecule has 0 aliphatic rings. The van der Waals surface area contributed by atoms with E-state index < -0.39 is 0 Å². The lowest BCUT2D eigenvalue weighted by Gasteiger charge is -2.16. The predicted molar refractivity (Wildman–Crippen MR) is 70.6 cm³/mol. The molecule has 1 heterocycles. The summed E-state index contributed by atoms with van der Waals surface area (Å²) < 4.78 is 0. The second kappa shape index (κ2) is 6.82. The molecule has 0 saturated heterocycles. The highest BCUT2D eigenvalue weighted by atomic mass is 35.5. The van der Waals surface area contributed by atoms with E-state index in [1.807, 2.05) is 13.0 Å². The number of aromatic nitrogens is 1. The van der Waals surface area contributed by atoms with Gasteiger partial charge in [-0.3, -0.25) is 4.79 Å². The van der Waals surface area contributed by atoms with Crippen molar-refractivity contribution in [3.63, 3.8) is 0 Å². The molecule has 0 radical (unpaired) electrons. The van der Waals surface area contributed by atoms with Crippen molar-refractivity contribution in [2.45, 2.75) is 13.3 Å². The van der Waals surface area contributed by atoms with E-state index in [0.29, 0.717) is 30.9 Å². The molecule has 0 saturated carbocycles. The van der Waals surface area contributed by atoms with Crippen LogP contribution in [0.5, 0.6) is 0 Å². The highest BCUT2D eigenvalue weighted by Crippen LogP contribution is 2.16. The van der Waals surface area contributed by atoms with Crippen LogP contribution in [0.3, 0.4) is 0 Å². The van der Waals surface area contributed by atoms with Gasteiger partial charge in [0.2, 0.25) is 0 Å². The number of anilines is 1. The van der Waals surface area contributed by atoms with Gasteiger partial charge in [0.25, 0.3) is 5.91 Å². The van der Waals surface area contributed by atoms with E-state index in [9.17, 15) is 4.79 Å². The van der Waals surface area contributed by atoms with Crippen LogP contribution in [-0.4, -0.2) is 35.9 Å². The lowest BCUT2D eigenvalue weighted by molar-refractivity contribution is 0.0798. The van der Waals surface area contributed by atoms with E-state index in [4.69, 9.17) is 16.9 Å². The SMILES string of the molecule is CCNc1cc(C(=O)N(C)CCC#N)cc(Cl)n1. The van der Waals surface area contributed by atoms with Gasteiger partial charge < -0.3 is 10.2 Å². The Labute approximate surface area is 111 Å². The summed E-state index contributed by atoms with van der Waals surface area (Å²) in [5, 5.41) is 11.8. The molecule has 1 aromatic heterocycles. The van der Waals surface area contributed by atoms with Gasteiger partial charge >= 0.3 is 0 Å². The molecule has 0 aliphatic heterocycles. The number of halogens is 1. The minimum absolute atomic E-state index is 0.172. The normalized spacial score (nSPS) is 9.67. The number of nitrogens with one attached hydrogen (secondary N) is 1. The molecular formula is C12H15ClN4O. The highest BCUT2D eigenvalue weighted by Gasteiger charge is 2.13. The van der Waals surface area contributed by atoms with Gasteiger partial charge in [0.1, 0.15) is 11.0 Å². The van der Waals surface area contributed by atoms with Crippen LogP contribution in [0.25, 0.3) is 0 Å². The summed E-state index contributed by atoms with van der Waals surface area (Å²) in [5.74, 6) is 0.399. The predicted octanol–water partition coefficient (Wildman–Crippen LogP) is 2.15. The molecule has 5 nitrogen and oxygen atoms in total. The summed E-state index contributed by atoms with van der Waals surface area (Å²) in [4.78, 5) is 17.6. The Morgan fingerprint density at radius 3 is 2.94 bits per heavy atom. The van der Waals surface area contributed by atoms with Gasteiger partial charge in [-0.15, -0.1) is 0 Å². The molecule has 1 N–H and O–H groups in total. The van der Waals surface area contributed by atoms with Gasteiger partial charge in [-0.25, -0.2) is 4.98 Å². The molecular weight excluding hydrogens is 252 g/mol. The first-order valence-electron chi connectivity index (χ1n) is 5.62. The summed E-state index contributed by atoms with van der Waals surface area (Å²) in [6, 6.07) is 5.18. The number of hydrogen-bond acceptors (Lipinski definition) is 4. The lowest BCUT2D eigenvalue weighted by atomic mass is 10.2. The summed E-state index contributed by atoms with van der Waals surface area (Å²) in [6.45, 7) is 3.03. The number of carbonyl (C=O) groups is 1. The topological polar surface area (TPSA) is 69.0 Å². The van der Waals surface area contributed by atoms with Crippen LogP contribution < -0.4 is 5.32 Å². The van der Waals surface area contributed by atoms with Crippen LogP contribution in [0.1, 0.15) is 23.7 Å². The molecule has 0 spiro atoms. The van der Waals surface area contributed by atoms with E-state index in [0.717, 1.165) is 0 Å². The average molecular weight is 267 g/mol. The fraction of sp³-hybridized carbons (Fsp3) is 0.417. The van der Waals surface area contributed by atoms with Crippen LogP contribution in [0.4, 0.5) is 5.82 Å². The average Bonchev–Trinajstić information content (AvgIpc) is 2.34. The van der Waals surface area contributed by atoms with Crippen molar-refractivity contribution in [1.82, 2.24) is 9.88 Å². The van der Waals surface area contributed by atoms with E-state index in [2.05, 4.69) is 10.3 Å². The minimum Gasteiger partial charge on any atom is -0.370 e. The number of nitriles is 1. The lowest BCUT2D eigenvalue weighted by Crippen LogP contribution is -2.27. The molecule has 1 amide bonds. The van der Waals surface area contributed by atoms with Crippen molar-refractivity contribution in [3.05, 3.63) is 22.8 Å². The maximum absolute atomic E-state index is 12.1. The molecule has 6 heteroatoms. The van der Waals surface area contributed by atoms with Gasteiger partial charge in [-0.05, 0) is 19.1 Å². The standard InChI is InChI=1S/C12H15ClN4O/c1-3-15-11-8-9(7-10(13)16-11)12(18)17(2)6-4-5-14/h7-8H,3-4,6H2,1-2H3,(H,15,16). The smallest absolute Gasteiger partial charge is 0.253 e. The Balaban J connectivity index is 2.88. The molecule has 0 aliphatic carbocycles. The minimum atomic E-state index is -0.172.